The molecule has 12 heavy (non-hydrogen) atoms. The molecule has 1 rings (SSSR count). The first-order valence-electron chi connectivity index (χ1n) is 3.71. The molecule has 0 bridgehead atoms. The first-order valence-corrected chi connectivity index (χ1v) is 3.71. The Labute approximate surface area is 70.0 Å². The van der Waals surface area contributed by atoms with Crippen molar-refractivity contribution in [3.05, 3.63) is 12.2 Å². The lowest BCUT2D eigenvalue weighted by Gasteiger charge is -2.01. The Kier molecular flexibility index (Phi) is 2.42. The Balaban J connectivity index is 2.70. The molecule has 1 aromatic rings. The van der Waals surface area contributed by atoms with E-state index in [-0.39, 0.29) is 12.5 Å². The highest BCUT2D eigenvalue weighted by Gasteiger charge is 2.06. The number of aromatic nitrogens is 3. The SMILES string of the molecule is CC(C)n1cnc(CC(=O)O)n1. The van der Waals surface area contributed by atoms with Crippen LogP contribution in [0.4, 0.5) is 0 Å². The second-order valence-electron chi connectivity index (χ2n) is 2.81. The van der Waals surface area contributed by atoms with Crippen LogP contribution >= 0.6 is 0 Å². The fourth-order valence-electron chi connectivity index (χ4n) is 0.776. The maximum atomic E-state index is 10.3. The van der Waals surface area contributed by atoms with Gasteiger partial charge in [-0.2, -0.15) is 5.10 Å². The van der Waals surface area contributed by atoms with Crippen LogP contribution in [0.1, 0.15) is 25.7 Å². The third-order valence-corrected chi connectivity index (χ3v) is 1.39. The molecule has 0 saturated carbocycles. The Morgan fingerprint density at radius 3 is 2.83 bits per heavy atom. The summed E-state index contributed by atoms with van der Waals surface area (Å²) in [6.45, 7) is 3.92. The molecule has 0 aliphatic carbocycles. The minimum atomic E-state index is -0.906. The van der Waals surface area contributed by atoms with Gasteiger partial charge in [-0.15, -0.1) is 0 Å². The van der Waals surface area contributed by atoms with Crippen molar-refractivity contribution >= 4 is 5.97 Å². The summed E-state index contributed by atoms with van der Waals surface area (Å²) < 4.78 is 1.64. The van der Waals surface area contributed by atoms with Crippen LogP contribution < -0.4 is 0 Å². The molecular formula is C7H11N3O2. The summed E-state index contributed by atoms with van der Waals surface area (Å²) in [5.41, 5.74) is 0. The molecule has 5 heteroatoms. The summed E-state index contributed by atoms with van der Waals surface area (Å²) in [6, 6.07) is 0.222. The third-order valence-electron chi connectivity index (χ3n) is 1.39. The zero-order valence-electron chi connectivity index (χ0n) is 7.06. The Bertz CT molecular complexity index is 280. The monoisotopic (exact) mass is 169 g/mol. The van der Waals surface area contributed by atoms with Crippen LogP contribution in [0.5, 0.6) is 0 Å². The highest BCUT2D eigenvalue weighted by atomic mass is 16.4. The van der Waals surface area contributed by atoms with Crippen molar-refractivity contribution in [3.8, 4) is 0 Å². The minimum absolute atomic E-state index is 0.111. The molecule has 0 unspecified atom stereocenters. The van der Waals surface area contributed by atoms with Crippen LogP contribution in [-0.4, -0.2) is 25.8 Å². The maximum absolute atomic E-state index is 10.3. The molecule has 1 N–H and O–H groups in total. The predicted molar refractivity (Wildman–Crippen MR) is 41.7 cm³/mol. The first kappa shape index (κ1) is 8.70. The average molecular weight is 169 g/mol. The van der Waals surface area contributed by atoms with E-state index in [1.807, 2.05) is 13.8 Å². The Morgan fingerprint density at radius 1 is 1.75 bits per heavy atom. The lowest BCUT2D eigenvalue weighted by Crippen LogP contribution is -2.05. The number of carboxylic acids is 1. The van der Waals surface area contributed by atoms with Gasteiger partial charge in [0.1, 0.15) is 12.7 Å². The molecule has 1 heterocycles. The Hall–Kier alpha value is -1.39. The van der Waals surface area contributed by atoms with Gasteiger partial charge >= 0.3 is 5.97 Å². The minimum Gasteiger partial charge on any atom is -0.481 e. The number of carbonyl (C=O) groups is 1. The molecule has 66 valence electrons. The summed E-state index contributed by atoms with van der Waals surface area (Å²) in [7, 11) is 0. The standard InChI is InChI=1S/C7H11N3O2/c1-5(2)10-4-8-6(9-10)3-7(11)12/h4-5H,3H2,1-2H3,(H,11,12). The van der Waals surface area contributed by atoms with Gasteiger partial charge in [0.15, 0.2) is 5.82 Å². The van der Waals surface area contributed by atoms with Crippen LogP contribution in [-0.2, 0) is 11.2 Å². The van der Waals surface area contributed by atoms with Crippen molar-refractivity contribution in [3.63, 3.8) is 0 Å². The van der Waals surface area contributed by atoms with Gasteiger partial charge in [-0.1, -0.05) is 0 Å². The van der Waals surface area contributed by atoms with Gasteiger partial charge in [0, 0.05) is 6.04 Å². The average Bonchev–Trinajstić information content (AvgIpc) is 2.34. The summed E-state index contributed by atoms with van der Waals surface area (Å²) in [5, 5.41) is 12.4. The molecule has 0 spiro atoms. The molecule has 5 nitrogen and oxygen atoms in total. The van der Waals surface area contributed by atoms with E-state index in [0.29, 0.717) is 5.82 Å². The van der Waals surface area contributed by atoms with Crippen molar-refractivity contribution < 1.29 is 9.90 Å². The highest BCUT2D eigenvalue weighted by Crippen LogP contribution is 2.01. The van der Waals surface area contributed by atoms with Gasteiger partial charge in [-0.25, -0.2) is 4.98 Å². The quantitative estimate of drug-likeness (QED) is 0.714. The molecule has 0 atom stereocenters. The van der Waals surface area contributed by atoms with E-state index in [2.05, 4.69) is 10.1 Å². The normalized spacial score (nSPS) is 10.6. The molecule has 0 aromatic carbocycles. The lowest BCUT2D eigenvalue weighted by atomic mass is 10.4. The molecule has 0 saturated heterocycles. The van der Waals surface area contributed by atoms with Crippen molar-refractivity contribution in [2.45, 2.75) is 26.3 Å². The fraction of sp³-hybridized carbons (Fsp3) is 0.571. The summed E-state index contributed by atoms with van der Waals surface area (Å²) in [4.78, 5) is 14.1. The zero-order chi connectivity index (χ0) is 9.14. The van der Waals surface area contributed by atoms with Gasteiger partial charge in [0.25, 0.3) is 0 Å². The fourth-order valence-corrected chi connectivity index (χ4v) is 0.776. The lowest BCUT2D eigenvalue weighted by molar-refractivity contribution is -0.136. The number of carboxylic acid groups (broad SMARTS) is 1. The second kappa shape index (κ2) is 3.34. The van der Waals surface area contributed by atoms with Gasteiger partial charge < -0.3 is 5.11 Å². The maximum Gasteiger partial charge on any atom is 0.311 e. The van der Waals surface area contributed by atoms with Crippen LogP contribution in [0.3, 0.4) is 0 Å². The van der Waals surface area contributed by atoms with Crippen LogP contribution in [0, 0.1) is 0 Å². The predicted octanol–water partition coefficient (Wildman–Crippen LogP) is 0.486. The van der Waals surface area contributed by atoms with E-state index >= 15 is 0 Å². The van der Waals surface area contributed by atoms with E-state index in [1.165, 1.54) is 0 Å². The molecule has 0 aliphatic heterocycles. The van der Waals surface area contributed by atoms with Gasteiger partial charge in [-0.3, -0.25) is 9.48 Å². The van der Waals surface area contributed by atoms with Gasteiger partial charge in [0.05, 0.1) is 0 Å². The number of hydrogen-bond acceptors (Lipinski definition) is 3. The third kappa shape index (κ3) is 2.05. The number of nitrogens with zero attached hydrogens (tertiary/aromatic N) is 3. The zero-order valence-corrected chi connectivity index (χ0v) is 7.06. The summed E-state index contributed by atoms with van der Waals surface area (Å²) in [5.74, 6) is -0.548. The molecule has 0 amide bonds. The van der Waals surface area contributed by atoms with Gasteiger partial charge in [-0.05, 0) is 13.8 Å². The largest absolute Gasteiger partial charge is 0.481 e. The van der Waals surface area contributed by atoms with Gasteiger partial charge in [0.2, 0.25) is 0 Å². The molecule has 0 radical (unpaired) electrons. The highest BCUT2D eigenvalue weighted by molar-refractivity contribution is 5.68. The molecule has 0 fully saturated rings. The van der Waals surface area contributed by atoms with E-state index in [4.69, 9.17) is 5.11 Å². The van der Waals surface area contributed by atoms with E-state index in [0.717, 1.165) is 0 Å². The summed E-state index contributed by atoms with van der Waals surface area (Å²) in [6.07, 6.45) is 1.43. The molecular weight excluding hydrogens is 158 g/mol. The van der Waals surface area contributed by atoms with Crippen molar-refractivity contribution in [1.29, 1.82) is 0 Å². The smallest absolute Gasteiger partial charge is 0.311 e. The summed E-state index contributed by atoms with van der Waals surface area (Å²) >= 11 is 0. The molecule has 1 aromatic heterocycles. The van der Waals surface area contributed by atoms with E-state index in [1.54, 1.807) is 11.0 Å². The van der Waals surface area contributed by atoms with Crippen molar-refractivity contribution in [2.24, 2.45) is 0 Å². The van der Waals surface area contributed by atoms with Crippen LogP contribution in [0.2, 0.25) is 0 Å². The van der Waals surface area contributed by atoms with Crippen molar-refractivity contribution in [1.82, 2.24) is 14.8 Å². The number of hydrogen-bond donors (Lipinski definition) is 1. The van der Waals surface area contributed by atoms with E-state index in [9.17, 15) is 4.79 Å². The molecule has 0 aliphatic rings. The van der Waals surface area contributed by atoms with Crippen LogP contribution in [0.15, 0.2) is 6.33 Å². The second-order valence-corrected chi connectivity index (χ2v) is 2.81. The Morgan fingerprint density at radius 2 is 2.42 bits per heavy atom. The number of aliphatic carboxylic acids is 1. The number of rotatable bonds is 3. The van der Waals surface area contributed by atoms with Crippen molar-refractivity contribution in [2.75, 3.05) is 0 Å². The van der Waals surface area contributed by atoms with Crippen LogP contribution in [0.25, 0.3) is 0 Å². The first-order chi connectivity index (χ1) is 5.59. The topological polar surface area (TPSA) is 68.0 Å². The van der Waals surface area contributed by atoms with E-state index < -0.39 is 5.97 Å².